The summed E-state index contributed by atoms with van der Waals surface area (Å²) in [6.07, 6.45) is 1.15. The first kappa shape index (κ1) is 20.1. The van der Waals surface area contributed by atoms with Gasteiger partial charge in [-0.05, 0) is 53.6 Å². The van der Waals surface area contributed by atoms with Crippen molar-refractivity contribution in [3.8, 4) is 0 Å². The van der Waals surface area contributed by atoms with Gasteiger partial charge in [-0.2, -0.15) is 5.26 Å². The molecule has 5 nitrogen and oxygen atoms in total. The number of benzene rings is 2. The van der Waals surface area contributed by atoms with E-state index in [4.69, 9.17) is 5.26 Å². The molecule has 0 fully saturated rings. The lowest BCUT2D eigenvalue weighted by Gasteiger charge is -2.27. The number of halogens is 1. The maximum absolute atomic E-state index is 11.7. The van der Waals surface area contributed by atoms with Crippen LogP contribution in [0, 0.1) is 0 Å². The van der Waals surface area contributed by atoms with Gasteiger partial charge in [-0.25, -0.2) is 4.79 Å². The molecule has 0 amide bonds. The molecule has 2 aromatic carbocycles. The SMILES string of the molecule is CC(C)(CC[C@@H](C(=O)O)c1ccc(Br)cc1)c1ccc(C(=O)OO)cc1. The molecule has 0 radical (unpaired) electrons. The second-order valence-electron chi connectivity index (χ2n) is 6.82. The molecular formula is C20H21BrO5. The maximum Gasteiger partial charge on any atom is 0.372 e. The van der Waals surface area contributed by atoms with E-state index in [1.807, 2.05) is 38.1 Å². The predicted octanol–water partition coefficient (Wildman–Crippen LogP) is 5.01. The monoisotopic (exact) mass is 420 g/mol. The highest BCUT2D eigenvalue weighted by atomic mass is 79.9. The van der Waals surface area contributed by atoms with Crippen LogP contribution in [0.5, 0.6) is 0 Å². The van der Waals surface area contributed by atoms with Crippen LogP contribution >= 0.6 is 15.9 Å². The summed E-state index contributed by atoms with van der Waals surface area (Å²) in [6.45, 7) is 4.07. The molecule has 1 atom stereocenters. The topological polar surface area (TPSA) is 83.8 Å². The smallest absolute Gasteiger partial charge is 0.372 e. The first-order valence-electron chi connectivity index (χ1n) is 8.19. The molecule has 26 heavy (non-hydrogen) atoms. The second kappa shape index (κ2) is 8.47. The summed E-state index contributed by atoms with van der Waals surface area (Å²) in [4.78, 5) is 26.7. The van der Waals surface area contributed by atoms with E-state index in [-0.39, 0.29) is 11.0 Å². The van der Waals surface area contributed by atoms with Gasteiger partial charge in [-0.3, -0.25) is 9.68 Å². The van der Waals surface area contributed by atoms with Crippen molar-refractivity contribution < 1.29 is 24.8 Å². The normalized spacial score (nSPS) is 12.5. The van der Waals surface area contributed by atoms with Crippen LogP contribution < -0.4 is 0 Å². The lowest BCUT2D eigenvalue weighted by atomic mass is 9.77. The fourth-order valence-electron chi connectivity index (χ4n) is 2.89. The van der Waals surface area contributed by atoms with Crippen molar-refractivity contribution in [2.75, 3.05) is 0 Å². The van der Waals surface area contributed by atoms with E-state index in [1.165, 1.54) is 0 Å². The van der Waals surface area contributed by atoms with Gasteiger partial charge in [-0.15, -0.1) is 0 Å². The lowest BCUT2D eigenvalue weighted by molar-refractivity contribution is -0.182. The van der Waals surface area contributed by atoms with E-state index in [0.717, 1.165) is 15.6 Å². The number of aliphatic carboxylic acids is 1. The molecule has 0 aliphatic heterocycles. The summed E-state index contributed by atoms with van der Waals surface area (Å²) in [5.74, 6) is -2.23. The molecule has 0 aliphatic rings. The maximum atomic E-state index is 11.7. The number of hydrogen-bond donors (Lipinski definition) is 2. The third kappa shape index (κ3) is 4.93. The minimum atomic E-state index is -0.843. The highest BCUT2D eigenvalue weighted by Gasteiger charge is 2.26. The Morgan fingerprint density at radius 1 is 1.08 bits per heavy atom. The fraction of sp³-hybridized carbons (Fsp3) is 0.300. The summed E-state index contributed by atoms with van der Waals surface area (Å²) >= 11 is 3.36. The van der Waals surface area contributed by atoms with Crippen LogP contribution in [0.15, 0.2) is 53.0 Å². The Morgan fingerprint density at radius 3 is 2.15 bits per heavy atom. The van der Waals surface area contributed by atoms with Crippen LogP contribution in [-0.4, -0.2) is 22.3 Å². The molecule has 2 aromatic rings. The number of hydrogen-bond acceptors (Lipinski definition) is 4. The molecule has 0 bridgehead atoms. The number of carboxylic acid groups (broad SMARTS) is 1. The van der Waals surface area contributed by atoms with E-state index >= 15 is 0 Å². The average molecular weight is 421 g/mol. The summed E-state index contributed by atoms with van der Waals surface area (Å²) in [7, 11) is 0. The number of carbonyl (C=O) groups is 2. The van der Waals surface area contributed by atoms with E-state index in [1.54, 1.807) is 24.3 Å². The first-order chi connectivity index (χ1) is 12.2. The van der Waals surface area contributed by atoms with E-state index in [0.29, 0.717) is 12.8 Å². The second-order valence-corrected chi connectivity index (χ2v) is 7.74. The standard InChI is InChI=1S/C20H21BrO5/c1-20(2,15-7-3-14(4-8-15)19(24)26-25)12-11-17(18(22)23)13-5-9-16(21)10-6-13/h3-10,17,25H,11-12H2,1-2H3,(H,22,23)/t17-/m1/s1. The van der Waals surface area contributed by atoms with Crippen LogP contribution in [0.25, 0.3) is 0 Å². The number of carboxylic acids is 1. The Hall–Kier alpha value is -2.18. The van der Waals surface area contributed by atoms with Gasteiger partial charge in [0.1, 0.15) is 0 Å². The number of rotatable bonds is 7. The van der Waals surface area contributed by atoms with Gasteiger partial charge in [0.05, 0.1) is 11.5 Å². The molecule has 0 saturated carbocycles. The summed E-state index contributed by atoms with van der Waals surface area (Å²) in [5, 5.41) is 18.0. The summed E-state index contributed by atoms with van der Waals surface area (Å²) in [6, 6.07) is 14.1. The molecule has 0 aliphatic carbocycles. The van der Waals surface area contributed by atoms with Crippen molar-refractivity contribution in [1.29, 1.82) is 0 Å². The van der Waals surface area contributed by atoms with Gasteiger partial charge in [0.25, 0.3) is 0 Å². The summed E-state index contributed by atoms with van der Waals surface area (Å²) < 4.78 is 0.909. The van der Waals surface area contributed by atoms with Gasteiger partial charge < -0.3 is 5.11 Å². The Balaban J connectivity index is 2.12. The lowest BCUT2D eigenvalue weighted by Crippen LogP contribution is -2.21. The highest BCUT2D eigenvalue weighted by molar-refractivity contribution is 9.10. The molecule has 0 saturated heterocycles. The Labute approximate surface area is 160 Å². The molecule has 2 rings (SSSR count). The van der Waals surface area contributed by atoms with Crippen molar-refractivity contribution in [1.82, 2.24) is 0 Å². The van der Waals surface area contributed by atoms with Gasteiger partial charge in [0.2, 0.25) is 0 Å². The third-order valence-corrected chi connectivity index (χ3v) is 5.14. The molecule has 2 N–H and O–H groups in total. The molecule has 0 unspecified atom stereocenters. The Kier molecular flexibility index (Phi) is 6.56. The van der Waals surface area contributed by atoms with Crippen molar-refractivity contribution in [2.45, 2.75) is 38.0 Å². The van der Waals surface area contributed by atoms with Gasteiger partial charge >= 0.3 is 11.9 Å². The molecular weight excluding hydrogens is 400 g/mol. The summed E-state index contributed by atoms with van der Waals surface area (Å²) in [5.41, 5.74) is 1.74. The van der Waals surface area contributed by atoms with Gasteiger partial charge in [0.15, 0.2) is 0 Å². The Morgan fingerprint density at radius 2 is 1.65 bits per heavy atom. The molecule has 138 valence electrons. The third-order valence-electron chi connectivity index (χ3n) is 4.61. The van der Waals surface area contributed by atoms with Crippen LogP contribution in [0.4, 0.5) is 0 Å². The Bertz CT molecular complexity index is 766. The van der Waals surface area contributed by atoms with Crippen LogP contribution in [0.1, 0.15) is 54.1 Å². The largest absolute Gasteiger partial charge is 0.481 e. The first-order valence-corrected chi connectivity index (χ1v) is 8.98. The molecule has 0 aromatic heterocycles. The molecule has 6 heteroatoms. The van der Waals surface area contributed by atoms with Crippen LogP contribution in [-0.2, 0) is 15.1 Å². The minimum Gasteiger partial charge on any atom is -0.481 e. The van der Waals surface area contributed by atoms with Crippen molar-refractivity contribution in [3.63, 3.8) is 0 Å². The zero-order valence-electron chi connectivity index (χ0n) is 14.6. The average Bonchev–Trinajstić information content (AvgIpc) is 2.62. The highest BCUT2D eigenvalue weighted by Crippen LogP contribution is 2.33. The van der Waals surface area contributed by atoms with Crippen molar-refractivity contribution >= 4 is 27.9 Å². The predicted molar refractivity (Wildman–Crippen MR) is 101 cm³/mol. The van der Waals surface area contributed by atoms with Gasteiger partial charge in [0, 0.05) is 4.47 Å². The van der Waals surface area contributed by atoms with Crippen molar-refractivity contribution in [3.05, 3.63) is 69.7 Å². The number of carbonyl (C=O) groups excluding carboxylic acids is 1. The van der Waals surface area contributed by atoms with Crippen LogP contribution in [0.2, 0.25) is 0 Å². The van der Waals surface area contributed by atoms with Crippen LogP contribution in [0.3, 0.4) is 0 Å². The quantitative estimate of drug-likeness (QED) is 0.485. The van der Waals surface area contributed by atoms with Crippen molar-refractivity contribution in [2.24, 2.45) is 0 Å². The van der Waals surface area contributed by atoms with E-state index in [2.05, 4.69) is 20.8 Å². The van der Waals surface area contributed by atoms with E-state index in [9.17, 15) is 14.7 Å². The van der Waals surface area contributed by atoms with Gasteiger partial charge in [-0.1, -0.05) is 54.0 Å². The zero-order chi connectivity index (χ0) is 19.3. The van der Waals surface area contributed by atoms with E-state index < -0.39 is 17.9 Å². The zero-order valence-corrected chi connectivity index (χ0v) is 16.2. The fourth-order valence-corrected chi connectivity index (χ4v) is 3.15. The molecule has 0 spiro atoms. The minimum absolute atomic E-state index is 0.255. The molecule has 0 heterocycles.